The van der Waals surface area contributed by atoms with Crippen LogP contribution in [0.3, 0.4) is 0 Å². The number of benzene rings is 1. The number of carbonyl (C=O) groups excluding carboxylic acids is 1. The SMILES string of the molecule is CCC(C)C1OC2(CC3CC(CC=C(C)C(OC4CC(OC)C(OC5CC(OC)C(O)C(C)O5)C(C)O4)C(C)C=CC=C(C)c4cc(O)c(C)cc4C(=O)O3)O2)CC(O)C1C. The maximum atomic E-state index is 14.1. The zero-order valence-electron chi connectivity index (χ0n) is 38.1. The van der Waals surface area contributed by atoms with Crippen molar-refractivity contribution in [1.29, 1.82) is 0 Å². The number of fused-ring (bicyclic) bond motifs is 3. The van der Waals surface area contributed by atoms with Gasteiger partial charge >= 0.3 is 5.97 Å². The lowest BCUT2D eigenvalue weighted by atomic mass is 9.79. The minimum atomic E-state index is -1.15. The summed E-state index contributed by atoms with van der Waals surface area (Å²) in [6, 6.07) is 3.30. The molecular weight excluding hydrogens is 785 g/mol. The summed E-state index contributed by atoms with van der Waals surface area (Å²) in [6.45, 7) is 17.8. The van der Waals surface area contributed by atoms with E-state index in [1.807, 2.05) is 39.8 Å². The summed E-state index contributed by atoms with van der Waals surface area (Å²) in [5.41, 5.74) is 3.25. The van der Waals surface area contributed by atoms with Gasteiger partial charge in [0.25, 0.3) is 0 Å². The quantitative estimate of drug-likeness (QED) is 0.177. The van der Waals surface area contributed by atoms with Crippen molar-refractivity contribution in [1.82, 2.24) is 0 Å². The minimum absolute atomic E-state index is 0.0858. The molecule has 5 aliphatic rings. The number of aliphatic hydroxyl groups excluding tert-OH is 2. The molecule has 5 heterocycles. The summed E-state index contributed by atoms with van der Waals surface area (Å²) in [4.78, 5) is 14.1. The zero-order chi connectivity index (χ0) is 44.3. The topological polar surface area (TPSA) is 161 Å². The van der Waals surface area contributed by atoms with E-state index in [1.165, 1.54) is 0 Å². The van der Waals surface area contributed by atoms with E-state index in [9.17, 15) is 20.1 Å². The first-order valence-corrected chi connectivity index (χ1v) is 22.4. The van der Waals surface area contributed by atoms with Gasteiger partial charge in [0.05, 0.1) is 54.4 Å². The van der Waals surface area contributed by atoms with Crippen LogP contribution in [0.15, 0.2) is 42.0 Å². The Kier molecular flexibility index (Phi) is 16.0. The van der Waals surface area contributed by atoms with E-state index in [4.69, 9.17) is 42.6 Å². The molecule has 3 N–H and O–H groups in total. The Morgan fingerprint density at radius 2 is 1.56 bits per heavy atom. The second-order valence-electron chi connectivity index (χ2n) is 18.4. The third-order valence-corrected chi connectivity index (χ3v) is 13.8. The number of hydrogen-bond acceptors (Lipinski definition) is 13. The summed E-state index contributed by atoms with van der Waals surface area (Å²) in [6.07, 6.45) is 4.81. The van der Waals surface area contributed by atoms with Gasteiger partial charge in [0.2, 0.25) is 0 Å². The van der Waals surface area contributed by atoms with E-state index in [-0.39, 0.29) is 48.6 Å². The number of aliphatic hydroxyl groups is 2. The van der Waals surface area contributed by atoms with Crippen molar-refractivity contribution in [2.45, 2.75) is 193 Å². The molecule has 61 heavy (non-hydrogen) atoms. The van der Waals surface area contributed by atoms with Crippen LogP contribution in [0.1, 0.15) is 122 Å². The van der Waals surface area contributed by atoms with E-state index >= 15 is 0 Å². The van der Waals surface area contributed by atoms with Crippen LogP contribution in [0.4, 0.5) is 0 Å². The summed E-state index contributed by atoms with van der Waals surface area (Å²) in [5, 5.41) is 32.7. The first kappa shape index (κ1) is 47.8. The second-order valence-corrected chi connectivity index (χ2v) is 18.4. The maximum absolute atomic E-state index is 14.1. The van der Waals surface area contributed by atoms with Crippen LogP contribution in [0.25, 0.3) is 5.57 Å². The van der Waals surface area contributed by atoms with Crippen molar-refractivity contribution in [2.75, 3.05) is 14.2 Å². The summed E-state index contributed by atoms with van der Waals surface area (Å²) >= 11 is 0. The van der Waals surface area contributed by atoms with Gasteiger partial charge in [-0.2, -0.15) is 0 Å². The van der Waals surface area contributed by atoms with Gasteiger partial charge in [-0.25, -0.2) is 4.79 Å². The molecule has 0 aromatic heterocycles. The standard InChI is InChI=1S/C48H72O13/c1-12-25(2)45-30(7)38(50)24-48(61-45)23-34-19-33(60-48)17-16-28(5)44(27(4)15-13-14-26(3)35-20-37(49)29(6)18-36(35)47(52)57-34)58-42-22-40(54-11)46(32(9)56-42)59-41-21-39(53-10)43(51)31(8)55-41/h13-16,18,20,25,27,30-34,38-46,49-51H,12,17,19,21-24H2,1-11H3. The van der Waals surface area contributed by atoms with Crippen molar-refractivity contribution < 1.29 is 62.7 Å². The molecule has 13 heteroatoms. The van der Waals surface area contributed by atoms with Crippen LogP contribution in [0.5, 0.6) is 5.75 Å². The van der Waals surface area contributed by atoms with Crippen molar-refractivity contribution in [3.05, 3.63) is 58.7 Å². The Hall–Kier alpha value is -2.69. The number of aryl methyl sites for hydroxylation is 1. The molecule has 0 amide bonds. The van der Waals surface area contributed by atoms with Gasteiger partial charge in [-0.05, 0) is 81.4 Å². The highest BCUT2D eigenvalue weighted by Gasteiger charge is 2.52. The molecule has 17 unspecified atom stereocenters. The first-order valence-electron chi connectivity index (χ1n) is 22.4. The Morgan fingerprint density at radius 3 is 2.26 bits per heavy atom. The number of aromatic hydroxyl groups is 1. The Bertz CT molecular complexity index is 1740. The number of ether oxygens (including phenoxy) is 9. The second kappa shape index (κ2) is 20.4. The van der Waals surface area contributed by atoms with Gasteiger partial charge in [-0.1, -0.05) is 58.4 Å². The molecule has 4 saturated heterocycles. The van der Waals surface area contributed by atoms with Gasteiger partial charge in [0.15, 0.2) is 18.4 Å². The monoisotopic (exact) mass is 856 g/mol. The predicted octanol–water partition coefficient (Wildman–Crippen LogP) is 7.31. The molecule has 13 nitrogen and oxygen atoms in total. The molecule has 6 rings (SSSR count). The highest BCUT2D eigenvalue weighted by molar-refractivity contribution is 5.96. The molecule has 1 aromatic rings. The number of esters is 1. The van der Waals surface area contributed by atoms with Gasteiger partial charge in [0, 0.05) is 58.2 Å². The van der Waals surface area contributed by atoms with E-state index in [0.29, 0.717) is 42.4 Å². The third-order valence-electron chi connectivity index (χ3n) is 13.8. The smallest absolute Gasteiger partial charge is 0.339 e. The fraction of sp³-hybridized carbons (Fsp3) is 0.729. The number of methoxy groups -OCH3 is 2. The molecule has 17 atom stereocenters. The van der Waals surface area contributed by atoms with Crippen molar-refractivity contribution in [3.63, 3.8) is 0 Å². The minimum Gasteiger partial charge on any atom is -0.508 e. The molecule has 0 radical (unpaired) electrons. The average Bonchev–Trinajstić information content (AvgIpc) is 3.22. The number of rotatable bonds is 8. The molecule has 1 aromatic carbocycles. The van der Waals surface area contributed by atoms with Crippen molar-refractivity contribution >= 4 is 11.5 Å². The number of phenols is 1. The van der Waals surface area contributed by atoms with E-state index in [2.05, 4.69) is 32.9 Å². The molecular formula is C48H72O13. The van der Waals surface area contributed by atoms with Gasteiger partial charge in [-0.3, -0.25) is 0 Å². The van der Waals surface area contributed by atoms with Gasteiger partial charge in [-0.15, -0.1) is 0 Å². The fourth-order valence-corrected chi connectivity index (χ4v) is 9.79. The number of hydrogen-bond donors (Lipinski definition) is 3. The lowest BCUT2D eigenvalue weighted by Gasteiger charge is -2.52. The van der Waals surface area contributed by atoms with Crippen LogP contribution in [-0.4, -0.2) is 121 Å². The van der Waals surface area contributed by atoms with E-state index in [0.717, 1.165) is 17.6 Å². The number of allylic oxidation sites excluding steroid dienone is 3. The van der Waals surface area contributed by atoms with Crippen LogP contribution in [-0.2, 0) is 42.6 Å². The van der Waals surface area contributed by atoms with Crippen LogP contribution in [0, 0.1) is 24.7 Å². The van der Waals surface area contributed by atoms with Crippen LogP contribution in [0.2, 0.25) is 0 Å². The molecule has 4 fully saturated rings. The maximum Gasteiger partial charge on any atom is 0.339 e. The molecule has 5 aliphatic heterocycles. The summed E-state index contributed by atoms with van der Waals surface area (Å²) in [7, 11) is 3.23. The predicted molar refractivity (Wildman–Crippen MR) is 229 cm³/mol. The Labute approximate surface area is 362 Å². The molecule has 342 valence electrons. The normalized spacial score (nSPS) is 40.7. The lowest BCUT2D eigenvalue weighted by Crippen LogP contribution is -2.59. The fourth-order valence-electron chi connectivity index (χ4n) is 9.79. The Balaban J connectivity index is 1.30. The first-order chi connectivity index (χ1) is 29.0. The summed E-state index contributed by atoms with van der Waals surface area (Å²) in [5.74, 6) is -1.59. The van der Waals surface area contributed by atoms with Crippen molar-refractivity contribution in [3.8, 4) is 5.75 Å². The third kappa shape index (κ3) is 11.0. The molecule has 0 saturated carbocycles. The number of carbonyl (C=O) groups is 1. The van der Waals surface area contributed by atoms with Crippen LogP contribution >= 0.6 is 0 Å². The average molecular weight is 857 g/mol. The van der Waals surface area contributed by atoms with Gasteiger partial charge in [0.1, 0.15) is 24.1 Å². The zero-order valence-corrected chi connectivity index (χ0v) is 38.1. The number of phenolic OH excluding ortho intramolecular Hbond substituents is 1. The van der Waals surface area contributed by atoms with E-state index in [1.54, 1.807) is 40.2 Å². The molecule has 0 aliphatic carbocycles. The highest BCUT2D eigenvalue weighted by Crippen LogP contribution is 2.45. The highest BCUT2D eigenvalue weighted by atomic mass is 16.7. The van der Waals surface area contributed by atoms with Crippen molar-refractivity contribution in [2.24, 2.45) is 17.8 Å². The lowest BCUT2D eigenvalue weighted by molar-refractivity contribution is -0.353. The molecule has 1 spiro atoms. The van der Waals surface area contributed by atoms with E-state index < -0.39 is 79.3 Å². The van der Waals surface area contributed by atoms with Gasteiger partial charge < -0.3 is 58.0 Å². The largest absolute Gasteiger partial charge is 0.508 e. The van der Waals surface area contributed by atoms with Crippen LogP contribution < -0.4 is 0 Å². The Morgan fingerprint density at radius 1 is 0.869 bits per heavy atom. The molecule has 2 bridgehead atoms. The summed E-state index contributed by atoms with van der Waals surface area (Å²) < 4.78 is 57.6.